The monoisotopic (exact) mass is 433 g/mol. The van der Waals surface area contributed by atoms with E-state index in [1.54, 1.807) is 25.1 Å². The van der Waals surface area contributed by atoms with Crippen molar-refractivity contribution >= 4 is 11.8 Å². The Morgan fingerprint density at radius 2 is 1.94 bits per heavy atom. The van der Waals surface area contributed by atoms with Crippen LogP contribution in [0.25, 0.3) is 11.1 Å². The lowest BCUT2D eigenvalue weighted by molar-refractivity contribution is -0.559. The summed E-state index contributed by atoms with van der Waals surface area (Å²) in [7, 11) is 0. The Balaban J connectivity index is 1.89. The van der Waals surface area contributed by atoms with E-state index < -0.39 is 12.2 Å². The van der Waals surface area contributed by atoms with Crippen molar-refractivity contribution in [3.05, 3.63) is 47.2 Å². The standard InChI is InChI=1S/C25H29N4O3/c1-4-31-25(30)21-14-20(18-12-10-17(15-26)11-13-18)22-23(27-21)29(19-8-6-5-7-9-19)28-24(22)32-16(2)3/h10-14,16,19,24H,4-9H2,1-3H3/q+1. The van der Waals surface area contributed by atoms with Crippen LogP contribution in [0, 0.1) is 11.3 Å². The van der Waals surface area contributed by atoms with Crippen LogP contribution in [-0.4, -0.2) is 34.4 Å². The van der Waals surface area contributed by atoms with Gasteiger partial charge in [0.1, 0.15) is 11.6 Å². The zero-order valence-electron chi connectivity index (χ0n) is 18.9. The van der Waals surface area contributed by atoms with E-state index in [2.05, 4.69) is 6.07 Å². The molecule has 32 heavy (non-hydrogen) atoms. The van der Waals surface area contributed by atoms with Gasteiger partial charge in [-0.1, -0.05) is 23.7 Å². The first-order chi connectivity index (χ1) is 15.5. The van der Waals surface area contributed by atoms with E-state index in [4.69, 9.17) is 19.6 Å². The zero-order valence-corrected chi connectivity index (χ0v) is 18.9. The van der Waals surface area contributed by atoms with Gasteiger partial charge in [-0.2, -0.15) is 5.26 Å². The van der Waals surface area contributed by atoms with Gasteiger partial charge in [-0.15, -0.1) is 4.70 Å². The second-order valence-electron chi connectivity index (χ2n) is 8.49. The van der Waals surface area contributed by atoms with Crippen LogP contribution in [0.5, 0.6) is 0 Å². The predicted molar refractivity (Wildman–Crippen MR) is 119 cm³/mol. The highest BCUT2D eigenvalue weighted by atomic mass is 16.5. The molecule has 1 aliphatic heterocycles. The van der Waals surface area contributed by atoms with Gasteiger partial charge in [0.25, 0.3) is 5.69 Å². The number of ether oxygens (including phenoxy) is 2. The van der Waals surface area contributed by atoms with Gasteiger partial charge in [0, 0.05) is 11.6 Å². The summed E-state index contributed by atoms with van der Waals surface area (Å²) in [6, 6.07) is 11.5. The molecule has 0 N–H and O–H groups in total. The third-order valence-electron chi connectivity index (χ3n) is 5.86. The van der Waals surface area contributed by atoms with Gasteiger partial charge in [-0.25, -0.2) is 4.79 Å². The molecule has 1 aliphatic carbocycles. The van der Waals surface area contributed by atoms with E-state index in [0.717, 1.165) is 42.4 Å². The molecule has 1 saturated carbocycles. The summed E-state index contributed by atoms with van der Waals surface area (Å²) < 4.78 is 13.4. The summed E-state index contributed by atoms with van der Waals surface area (Å²) in [6.45, 7) is 6.03. The highest BCUT2D eigenvalue weighted by molar-refractivity contribution is 5.90. The van der Waals surface area contributed by atoms with Gasteiger partial charge < -0.3 is 9.47 Å². The largest absolute Gasteiger partial charge is 0.460 e. The van der Waals surface area contributed by atoms with Gasteiger partial charge in [0.05, 0.1) is 24.3 Å². The molecule has 2 aromatic rings. The highest BCUT2D eigenvalue weighted by Gasteiger charge is 2.42. The van der Waals surface area contributed by atoms with E-state index in [1.807, 2.05) is 30.7 Å². The highest BCUT2D eigenvalue weighted by Crippen LogP contribution is 2.44. The smallest absolute Gasteiger partial charge is 0.383 e. The van der Waals surface area contributed by atoms with Crippen LogP contribution in [0.1, 0.15) is 80.7 Å². The minimum Gasteiger partial charge on any atom is -0.460 e. The van der Waals surface area contributed by atoms with Crippen molar-refractivity contribution in [3.8, 4) is 17.2 Å². The summed E-state index contributed by atoms with van der Waals surface area (Å²) in [4.78, 5) is 17.4. The Kier molecular flexibility index (Phi) is 6.61. The van der Waals surface area contributed by atoms with Crippen LogP contribution in [-0.2, 0) is 9.47 Å². The number of fused-ring (bicyclic) bond motifs is 1. The van der Waals surface area contributed by atoms with E-state index in [1.165, 1.54) is 6.42 Å². The van der Waals surface area contributed by atoms with E-state index in [0.29, 0.717) is 11.4 Å². The van der Waals surface area contributed by atoms with Crippen LogP contribution >= 0.6 is 0 Å². The SMILES string of the molecule is CCOC(=O)c1cc(-c2ccc(C#N)cc2)c2c(n1)[N+](C1CCCCC1)=NC2OC(C)C. The number of hydrogen-bond acceptors (Lipinski definition) is 6. The van der Waals surface area contributed by atoms with Crippen molar-refractivity contribution in [1.82, 2.24) is 4.98 Å². The zero-order chi connectivity index (χ0) is 22.7. The Labute approximate surface area is 188 Å². The summed E-state index contributed by atoms with van der Waals surface area (Å²) in [5.74, 6) is 0.217. The molecule has 0 amide bonds. The lowest BCUT2D eigenvalue weighted by Gasteiger charge is -2.18. The normalized spacial score (nSPS) is 18.2. The molecule has 166 valence electrons. The second-order valence-corrected chi connectivity index (χ2v) is 8.49. The maximum absolute atomic E-state index is 12.7. The number of aromatic nitrogens is 1. The summed E-state index contributed by atoms with van der Waals surface area (Å²) in [5.41, 5.74) is 3.41. The number of carbonyl (C=O) groups excluding carboxylic acids is 1. The Hall–Kier alpha value is -3.11. The topological polar surface area (TPSA) is 87.6 Å². The molecule has 2 heterocycles. The molecule has 1 aromatic carbocycles. The molecular formula is C25H29N4O3+. The van der Waals surface area contributed by atoms with Crippen molar-refractivity contribution in [2.75, 3.05) is 6.61 Å². The molecule has 7 nitrogen and oxygen atoms in total. The molecule has 0 saturated heterocycles. The fourth-order valence-electron chi connectivity index (χ4n) is 4.40. The Bertz CT molecular complexity index is 1060. The first-order valence-electron chi connectivity index (χ1n) is 11.4. The molecule has 1 fully saturated rings. The lowest BCUT2D eigenvalue weighted by atomic mass is 9.94. The summed E-state index contributed by atoms with van der Waals surface area (Å²) in [6.07, 6.45) is 5.09. The molecule has 1 unspecified atom stereocenters. The fraction of sp³-hybridized carbons (Fsp3) is 0.480. The minimum absolute atomic E-state index is 0.0264. The molecular weight excluding hydrogens is 404 g/mol. The van der Waals surface area contributed by atoms with E-state index >= 15 is 0 Å². The summed E-state index contributed by atoms with van der Waals surface area (Å²) >= 11 is 0. The number of nitriles is 1. The van der Waals surface area contributed by atoms with Gasteiger partial charge in [0.15, 0.2) is 0 Å². The molecule has 1 aromatic heterocycles. The summed E-state index contributed by atoms with van der Waals surface area (Å²) in [5, 5.41) is 14.1. The number of azo groups is 2. The van der Waals surface area contributed by atoms with Gasteiger partial charge in [-0.3, -0.25) is 0 Å². The van der Waals surface area contributed by atoms with Crippen molar-refractivity contribution in [2.45, 2.75) is 71.2 Å². The van der Waals surface area contributed by atoms with Crippen molar-refractivity contribution in [1.29, 1.82) is 5.26 Å². The molecule has 0 spiro atoms. The van der Waals surface area contributed by atoms with Crippen molar-refractivity contribution < 1.29 is 19.0 Å². The van der Waals surface area contributed by atoms with Crippen molar-refractivity contribution in [3.63, 3.8) is 0 Å². The number of hydrogen-bond donors (Lipinski definition) is 0. The van der Waals surface area contributed by atoms with Gasteiger partial charge in [0.2, 0.25) is 6.23 Å². The fourth-order valence-corrected chi connectivity index (χ4v) is 4.40. The third kappa shape index (κ3) is 4.42. The average Bonchev–Trinajstić information content (AvgIpc) is 3.17. The molecule has 7 heteroatoms. The number of carbonyl (C=O) groups is 1. The molecule has 0 radical (unpaired) electrons. The Morgan fingerprint density at radius 3 is 2.56 bits per heavy atom. The number of pyridine rings is 1. The number of benzene rings is 1. The van der Waals surface area contributed by atoms with E-state index in [9.17, 15) is 10.1 Å². The van der Waals surface area contributed by atoms with Crippen molar-refractivity contribution in [2.24, 2.45) is 5.11 Å². The average molecular weight is 434 g/mol. The maximum atomic E-state index is 12.7. The number of rotatable bonds is 6. The first kappa shape index (κ1) is 22.1. The lowest BCUT2D eigenvalue weighted by Crippen LogP contribution is -2.24. The second kappa shape index (κ2) is 9.58. The van der Waals surface area contributed by atoms with Gasteiger partial charge >= 0.3 is 11.8 Å². The molecule has 2 aliphatic rings. The third-order valence-corrected chi connectivity index (χ3v) is 5.86. The molecule has 0 bridgehead atoms. The van der Waals surface area contributed by atoms with Crippen LogP contribution < -0.4 is 0 Å². The maximum Gasteiger partial charge on any atom is 0.383 e. The molecule has 4 rings (SSSR count). The van der Waals surface area contributed by atoms with E-state index in [-0.39, 0.29) is 24.4 Å². The molecule has 1 atom stereocenters. The first-order valence-corrected chi connectivity index (χ1v) is 11.4. The predicted octanol–water partition coefficient (Wildman–Crippen LogP) is 5.66. The van der Waals surface area contributed by atoms with Crippen LogP contribution in [0.3, 0.4) is 0 Å². The number of esters is 1. The quantitative estimate of drug-likeness (QED) is 0.433. The van der Waals surface area contributed by atoms with Crippen LogP contribution in [0.2, 0.25) is 0 Å². The van der Waals surface area contributed by atoms with Crippen LogP contribution in [0.4, 0.5) is 5.82 Å². The number of nitrogens with zero attached hydrogens (tertiary/aromatic N) is 4. The minimum atomic E-state index is -0.499. The van der Waals surface area contributed by atoms with Gasteiger partial charge in [-0.05, 0) is 69.1 Å². The van der Waals surface area contributed by atoms with Crippen LogP contribution in [0.15, 0.2) is 35.4 Å². The Morgan fingerprint density at radius 1 is 1.22 bits per heavy atom.